The molecule has 2 aromatic carbocycles. The molecule has 0 aliphatic carbocycles. The fraction of sp³-hybridized carbons (Fsp3) is 0.368. The maximum atomic E-state index is 10.5. The van der Waals surface area contributed by atoms with E-state index in [9.17, 15) is 5.11 Å². The average molecular weight is 362 g/mol. The average Bonchev–Trinajstić information content (AvgIpc) is 3.06. The number of fused-ring (bicyclic) bond motifs is 5. The molecule has 3 aliphatic rings. The number of hydrogen-bond acceptors (Lipinski definition) is 5. The molecule has 0 saturated carbocycles. The van der Waals surface area contributed by atoms with Crippen LogP contribution >= 0.6 is 12.4 Å². The van der Waals surface area contributed by atoms with Crippen LogP contribution in [-0.2, 0) is 19.4 Å². The van der Waals surface area contributed by atoms with Gasteiger partial charge in [0, 0.05) is 24.7 Å². The standard InChI is InChI=1S/C19H19NO4.ClH/c1-22-16-3-2-11-6-15-13-8-18-17(23-10-24-18)7-12(13)4-5-20(15)9-14(11)19(16)21;/h2-3,7-8,15,21H,4-6,9-10H2,1H3;1H/t15-;/m0./s1. The predicted octanol–water partition coefficient (Wildman–Crippen LogP) is 3.21. The molecule has 25 heavy (non-hydrogen) atoms. The van der Waals surface area contributed by atoms with Gasteiger partial charge in [-0.15, -0.1) is 12.4 Å². The minimum Gasteiger partial charge on any atom is -0.504 e. The molecule has 1 atom stereocenters. The lowest BCUT2D eigenvalue weighted by atomic mass is 9.83. The van der Waals surface area contributed by atoms with Crippen molar-refractivity contribution in [2.24, 2.45) is 0 Å². The first kappa shape index (κ1) is 16.4. The molecule has 0 spiro atoms. The number of aromatic hydroxyl groups is 1. The number of phenols is 1. The third-order valence-electron chi connectivity index (χ3n) is 5.44. The van der Waals surface area contributed by atoms with Crippen LogP contribution in [0.5, 0.6) is 23.0 Å². The van der Waals surface area contributed by atoms with Gasteiger partial charge in [0.25, 0.3) is 0 Å². The van der Waals surface area contributed by atoms with Crippen LogP contribution in [0.15, 0.2) is 24.3 Å². The molecule has 0 amide bonds. The van der Waals surface area contributed by atoms with E-state index in [1.165, 1.54) is 16.7 Å². The van der Waals surface area contributed by atoms with Gasteiger partial charge in [0.2, 0.25) is 6.79 Å². The topological polar surface area (TPSA) is 51.2 Å². The minimum atomic E-state index is 0. The fourth-order valence-corrected chi connectivity index (χ4v) is 4.17. The number of phenolic OH excluding ortho intramolecular Hbond substituents is 1. The summed E-state index contributed by atoms with van der Waals surface area (Å²) in [5.41, 5.74) is 4.86. The molecule has 0 fully saturated rings. The maximum Gasteiger partial charge on any atom is 0.231 e. The summed E-state index contributed by atoms with van der Waals surface area (Å²) in [5.74, 6) is 2.54. The zero-order chi connectivity index (χ0) is 16.3. The largest absolute Gasteiger partial charge is 0.504 e. The van der Waals surface area contributed by atoms with Crippen molar-refractivity contribution in [2.75, 3.05) is 20.4 Å². The normalized spacial score (nSPS) is 20.1. The van der Waals surface area contributed by atoms with Gasteiger partial charge in [-0.1, -0.05) is 6.07 Å². The number of benzene rings is 2. The van der Waals surface area contributed by atoms with Gasteiger partial charge in [-0.25, -0.2) is 0 Å². The second kappa shape index (κ2) is 6.00. The number of methoxy groups -OCH3 is 1. The zero-order valence-electron chi connectivity index (χ0n) is 13.9. The van der Waals surface area contributed by atoms with Crippen molar-refractivity contribution in [2.45, 2.75) is 25.4 Å². The summed E-state index contributed by atoms with van der Waals surface area (Å²) < 4.78 is 16.3. The Labute approximate surface area is 152 Å². The van der Waals surface area contributed by atoms with Crippen LogP contribution in [0, 0.1) is 0 Å². The molecule has 132 valence electrons. The summed E-state index contributed by atoms with van der Waals surface area (Å²) in [6, 6.07) is 8.53. The first-order chi connectivity index (χ1) is 11.7. The number of halogens is 1. The molecule has 1 N–H and O–H groups in total. The van der Waals surface area contributed by atoms with Crippen molar-refractivity contribution < 1.29 is 19.3 Å². The van der Waals surface area contributed by atoms with E-state index in [4.69, 9.17) is 14.2 Å². The molecule has 0 bridgehead atoms. The molecule has 6 heteroatoms. The van der Waals surface area contributed by atoms with Crippen LogP contribution in [0.4, 0.5) is 0 Å². The number of hydrogen-bond donors (Lipinski definition) is 1. The van der Waals surface area contributed by atoms with E-state index in [1.807, 2.05) is 6.07 Å². The number of nitrogens with zero attached hydrogens (tertiary/aromatic N) is 1. The third kappa shape index (κ3) is 2.41. The van der Waals surface area contributed by atoms with E-state index >= 15 is 0 Å². The maximum absolute atomic E-state index is 10.5. The van der Waals surface area contributed by atoms with Crippen molar-refractivity contribution in [3.05, 3.63) is 46.5 Å². The molecule has 5 rings (SSSR count). The Morgan fingerprint density at radius 1 is 1.16 bits per heavy atom. The predicted molar refractivity (Wildman–Crippen MR) is 95.0 cm³/mol. The smallest absolute Gasteiger partial charge is 0.231 e. The SMILES string of the molecule is COc1ccc2c(c1O)CN1CCc3cc4c(cc3[C@@H]1C2)OCO4.Cl. The summed E-state index contributed by atoms with van der Waals surface area (Å²) in [5, 5.41) is 10.5. The Kier molecular flexibility index (Phi) is 3.93. The summed E-state index contributed by atoms with van der Waals surface area (Å²) in [4.78, 5) is 2.44. The van der Waals surface area contributed by atoms with E-state index in [0.717, 1.165) is 43.0 Å². The summed E-state index contributed by atoms with van der Waals surface area (Å²) in [6.45, 7) is 2.04. The van der Waals surface area contributed by atoms with E-state index in [1.54, 1.807) is 7.11 Å². The second-order valence-electron chi connectivity index (χ2n) is 6.60. The van der Waals surface area contributed by atoms with E-state index in [0.29, 0.717) is 18.6 Å². The van der Waals surface area contributed by atoms with Crippen LogP contribution in [-0.4, -0.2) is 30.5 Å². The summed E-state index contributed by atoms with van der Waals surface area (Å²) in [6.07, 6.45) is 1.88. The van der Waals surface area contributed by atoms with E-state index in [-0.39, 0.29) is 18.2 Å². The molecular formula is C19H20ClNO4. The van der Waals surface area contributed by atoms with Crippen LogP contribution in [0.3, 0.4) is 0 Å². The van der Waals surface area contributed by atoms with Gasteiger partial charge in [-0.05, 0) is 47.7 Å². The van der Waals surface area contributed by atoms with Crippen molar-refractivity contribution in [3.63, 3.8) is 0 Å². The lowest BCUT2D eigenvalue weighted by molar-refractivity contribution is 0.157. The molecule has 0 radical (unpaired) electrons. The Balaban J connectivity index is 0.00000157. The van der Waals surface area contributed by atoms with Gasteiger partial charge < -0.3 is 19.3 Å². The Bertz CT molecular complexity index is 839. The van der Waals surface area contributed by atoms with Gasteiger partial charge in [-0.3, -0.25) is 4.90 Å². The highest BCUT2D eigenvalue weighted by molar-refractivity contribution is 5.85. The van der Waals surface area contributed by atoms with Crippen molar-refractivity contribution in [3.8, 4) is 23.0 Å². The molecule has 2 aromatic rings. The Morgan fingerprint density at radius 2 is 1.96 bits per heavy atom. The van der Waals surface area contributed by atoms with Gasteiger partial charge in [0.1, 0.15) is 0 Å². The van der Waals surface area contributed by atoms with Gasteiger partial charge >= 0.3 is 0 Å². The van der Waals surface area contributed by atoms with Crippen LogP contribution < -0.4 is 14.2 Å². The monoisotopic (exact) mass is 361 g/mol. The van der Waals surface area contributed by atoms with Gasteiger partial charge in [0.15, 0.2) is 23.0 Å². The highest BCUT2D eigenvalue weighted by atomic mass is 35.5. The zero-order valence-corrected chi connectivity index (χ0v) is 14.8. The Hall–Kier alpha value is -2.11. The molecule has 0 saturated heterocycles. The van der Waals surface area contributed by atoms with Crippen molar-refractivity contribution in [1.82, 2.24) is 4.90 Å². The van der Waals surface area contributed by atoms with E-state index in [2.05, 4.69) is 23.1 Å². The first-order valence-electron chi connectivity index (χ1n) is 8.29. The second-order valence-corrected chi connectivity index (χ2v) is 6.60. The van der Waals surface area contributed by atoms with Gasteiger partial charge in [-0.2, -0.15) is 0 Å². The highest BCUT2D eigenvalue weighted by Crippen LogP contribution is 2.46. The molecule has 0 aromatic heterocycles. The van der Waals surface area contributed by atoms with Crippen LogP contribution in [0.2, 0.25) is 0 Å². The first-order valence-corrected chi connectivity index (χ1v) is 8.29. The minimum absolute atomic E-state index is 0. The van der Waals surface area contributed by atoms with Crippen LogP contribution in [0.1, 0.15) is 28.3 Å². The lowest BCUT2D eigenvalue weighted by Crippen LogP contribution is -2.39. The molecule has 3 aliphatic heterocycles. The highest BCUT2D eigenvalue weighted by Gasteiger charge is 2.35. The van der Waals surface area contributed by atoms with Crippen LogP contribution in [0.25, 0.3) is 0 Å². The summed E-state index contributed by atoms with van der Waals surface area (Å²) in [7, 11) is 1.59. The van der Waals surface area contributed by atoms with Crippen molar-refractivity contribution in [1.29, 1.82) is 0 Å². The third-order valence-corrected chi connectivity index (χ3v) is 5.44. The van der Waals surface area contributed by atoms with E-state index < -0.39 is 0 Å². The Morgan fingerprint density at radius 3 is 2.76 bits per heavy atom. The molecule has 5 nitrogen and oxygen atoms in total. The van der Waals surface area contributed by atoms with Crippen molar-refractivity contribution >= 4 is 12.4 Å². The number of ether oxygens (including phenoxy) is 3. The molecule has 0 unspecified atom stereocenters. The molecule has 3 heterocycles. The number of rotatable bonds is 1. The lowest BCUT2D eigenvalue weighted by Gasteiger charge is -2.41. The fourth-order valence-electron chi connectivity index (χ4n) is 4.17. The summed E-state index contributed by atoms with van der Waals surface area (Å²) >= 11 is 0. The molecular weight excluding hydrogens is 342 g/mol. The van der Waals surface area contributed by atoms with Gasteiger partial charge in [0.05, 0.1) is 7.11 Å². The quantitative estimate of drug-likeness (QED) is 0.845.